The highest BCUT2D eigenvalue weighted by Crippen LogP contribution is 2.23. The number of carbonyl (C=O) groups is 3. The van der Waals surface area contributed by atoms with Crippen molar-refractivity contribution in [2.45, 2.75) is 32.7 Å². The molecule has 43 heavy (non-hydrogen) atoms. The molecule has 0 spiro atoms. The molecule has 224 valence electrons. The minimum atomic E-state index is -0.571. The number of nitrogens with zero attached hydrogens (tertiary/aromatic N) is 2. The van der Waals surface area contributed by atoms with Gasteiger partial charge in [-0.25, -0.2) is 14.2 Å². The lowest BCUT2D eigenvalue weighted by molar-refractivity contribution is -0.697. The number of amides is 3. The Hall–Kier alpha value is -4.44. The van der Waals surface area contributed by atoms with Gasteiger partial charge in [-0.05, 0) is 58.4 Å². The number of hydrogen-bond donors (Lipinski definition) is 2. The molecular formula is C33H36BrN4O5+. The second kappa shape index (κ2) is 16.3. The summed E-state index contributed by atoms with van der Waals surface area (Å²) in [6, 6.07) is 24.6. The van der Waals surface area contributed by atoms with Crippen LogP contribution in [0, 0.1) is 0 Å². The number of pyridine rings is 1. The van der Waals surface area contributed by atoms with Crippen molar-refractivity contribution in [1.82, 2.24) is 5.32 Å². The Kier molecular flexibility index (Phi) is 11.9. The third-order valence-electron chi connectivity index (χ3n) is 6.58. The quantitative estimate of drug-likeness (QED) is 0.124. The van der Waals surface area contributed by atoms with E-state index in [-0.39, 0.29) is 25.7 Å². The number of rotatable bonds is 13. The normalized spacial score (nSPS) is 10.7. The second-order valence-corrected chi connectivity index (χ2v) is 10.7. The number of alkyl carbamates (subject to hydrolysis) is 1. The predicted octanol–water partition coefficient (Wildman–Crippen LogP) is 6.70. The maximum absolute atomic E-state index is 13.5. The Bertz CT molecular complexity index is 1530. The van der Waals surface area contributed by atoms with E-state index in [1.165, 1.54) is 0 Å². The SMILES string of the molecule is CCC[n+]1cc(Br)cc(C(=O)N(CCOC(=O)NCCCCOC(=O)Nc2cccc3ccccc23)c2ccccc2)c1. The third kappa shape index (κ3) is 9.54. The van der Waals surface area contributed by atoms with E-state index in [4.69, 9.17) is 9.47 Å². The molecule has 0 bridgehead atoms. The lowest BCUT2D eigenvalue weighted by Gasteiger charge is -2.22. The Morgan fingerprint density at radius 3 is 2.42 bits per heavy atom. The van der Waals surface area contributed by atoms with Gasteiger partial charge in [-0.1, -0.05) is 61.5 Å². The average molecular weight is 649 g/mol. The van der Waals surface area contributed by atoms with Gasteiger partial charge in [0.2, 0.25) is 0 Å². The van der Waals surface area contributed by atoms with Gasteiger partial charge in [-0.15, -0.1) is 0 Å². The number of fused-ring (bicyclic) bond motifs is 1. The molecule has 0 saturated heterocycles. The summed E-state index contributed by atoms with van der Waals surface area (Å²) < 4.78 is 13.4. The summed E-state index contributed by atoms with van der Waals surface area (Å²) in [7, 11) is 0. The molecular weight excluding hydrogens is 612 g/mol. The van der Waals surface area contributed by atoms with Crippen molar-refractivity contribution in [1.29, 1.82) is 0 Å². The first-order valence-corrected chi connectivity index (χ1v) is 15.1. The molecule has 10 heteroatoms. The van der Waals surface area contributed by atoms with Crippen molar-refractivity contribution < 1.29 is 28.4 Å². The standard InChI is InChI=1S/C33H35BrN4O5/c1-2-18-37-23-26(22-27(34)24-37)31(39)38(28-13-4-3-5-14-28)19-21-43-32(40)35-17-8-9-20-42-33(41)36-30-16-10-12-25-11-6-7-15-29(25)30/h3-7,10-16,22-24H,2,8-9,17-21H2,1H3,(H-,35,36,40,41)/p+1. The highest BCUT2D eigenvalue weighted by Gasteiger charge is 2.21. The Morgan fingerprint density at radius 2 is 1.60 bits per heavy atom. The maximum Gasteiger partial charge on any atom is 0.411 e. The van der Waals surface area contributed by atoms with Crippen molar-refractivity contribution in [3.63, 3.8) is 0 Å². The van der Waals surface area contributed by atoms with E-state index in [0.717, 1.165) is 28.2 Å². The van der Waals surface area contributed by atoms with E-state index < -0.39 is 12.2 Å². The van der Waals surface area contributed by atoms with Crippen LogP contribution in [-0.4, -0.2) is 44.4 Å². The number of aromatic nitrogens is 1. The summed E-state index contributed by atoms with van der Waals surface area (Å²) in [6.45, 7) is 3.66. The summed E-state index contributed by atoms with van der Waals surface area (Å²) in [5.74, 6) is -0.189. The summed E-state index contributed by atoms with van der Waals surface area (Å²) in [6.07, 6.45) is 4.79. The molecule has 4 aromatic rings. The molecule has 1 heterocycles. The molecule has 0 aliphatic heterocycles. The zero-order valence-electron chi connectivity index (χ0n) is 24.1. The third-order valence-corrected chi connectivity index (χ3v) is 7.01. The molecule has 1 aromatic heterocycles. The average Bonchev–Trinajstić information content (AvgIpc) is 3.01. The molecule has 0 aliphatic rings. The summed E-state index contributed by atoms with van der Waals surface area (Å²) in [5, 5.41) is 7.46. The maximum atomic E-state index is 13.5. The number of ether oxygens (including phenoxy) is 2. The first-order valence-electron chi connectivity index (χ1n) is 14.3. The number of anilines is 2. The lowest BCUT2D eigenvalue weighted by atomic mass is 10.1. The topological polar surface area (TPSA) is 101 Å². The van der Waals surface area contributed by atoms with Crippen molar-refractivity contribution in [2.24, 2.45) is 0 Å². The molecule has 0 saturated carbocycles. The van der Waals surface area contributed by atoms with Crippen LogP contribution in [0.2, 0.25) is 0 Å². The highest BCUT2D eigenvalue weighted by atomic mass is 79.9. The van der Waals surface area contributed by atoms with Crippen LogP contribution in [0.5, 0.6) is 0 Å². The summed E-state index contributed by atoms with van der Waals surface area (Å²) in [5.41, 5.74) is 1.93. The minimum absolute atomic E-state index is 0.0207. The summed E-state index contributed by atoms with van der Waals surface area (Å²) >= 11 is 3.50. The number of hydrogen-bond acceptors (Lipinski definition) is 5. The first-order chi connectivity index (χ1) is 20.9. The number of halogens is 1. The van der Waals surface area contributed by atoms with Gasteiger partial charge in [0.1, 0.15) is 18.7 Å². The number of benzene rings is 3. The largest absolute Gasteiger partial charge is 0.449 e. The zero-order valence-corrected chi connectivity index (χ0v) is 25.7. The summed E-state index contributed by atoms with van der Waals surface area (Å²) in [4.78, 5) is 39.6. The Morgan fingerprint density at radius 1 is 0.860 bits per heavy atom. The van der Waals surface area contributed by atoms with Crippen LogP contribution in [0.15, 0.2) is 95.7 Å². The number of unbranched alkanes of at least 4 members (excludes halogenated alkanes) is 1. The number of aryl methyl sites for hydroxylation is 1. The van der Waals surface area contributed by atoms with E-state index in [9.17, 15) is 14.4 Å². The molecule has 3 amide bonds. The molecule has 4 rings (SSSR count). The van der Waals surface area contributed by atoms with E-state index in [1.807, 2.05) is 89.8 Å². The lowest BCUT2D eigenvalue weighted by Crippen LogP contribution is -2.39. The van der Waals surface area contributed by atoms with Gasteiger partial charge in [-0.2, -0.15) is 0 Å². The minimum Gasteiger partial charge on any atom is -0.449 e. The fraction of sp³-hybridized carbons (Fsp3) is 0.273. The van der Waals surface area contributed by atoms with E-state index in [1.54, 1.807) is 11.0 Å². The van der Waals surface area contributed by atoms with E-state index >= 15 is 0 Å². The van der Waals surface area contributed by atoms with Gasteiger partial charge in [0.05, 0.1) is 23.3 Å². The molecule has 2 N–H and O–H groups in total. The van der Waals surface area contributed by atoms with Gasteiger partial charge in [0.15, 0.2) is 12.4 Å². The predicted molar refractivity (Wildman–Crippen MR) is 170 cm³/mol. The molecule has 0 radical (unpaired) electrons. The molecule has 0 unspecified atom stereocenters. The van der Waals surface area contributed by atoms with Gasteiger partial charge >= 0.3 is 12.2 Å². The number of nitrogens with one attached hydrogen (secondary N) is 2. The first kappa shape index (κ1) is 31.5. The van der Waals surface area contributed by atoms with Crippen molar-refractivity contribution in [3.8, 4) is 0 Å². The Balaban J connectivity index is 1.18. The highest BCUT2D eigenvalue weighted by molar-refractivity contribution is 9.10. The van der Waals surface area contributed by atoms with Crippen LogP contribution < -0.4 is 20.1 Å². The van der Waals surface area contributed by atoms with Crippen LogP contribution in [0.3, 0.4) is 0 Å². The van der Waals surface area contributed by atoms with Crippen molar-refractivity contribution in [3.05, 3.63) is 101 Å². The van der Waals surface area contributed by atoms with Crippen molar-refractivity contribution in [2.75, 3.05) is 36.5 Å². The smallest absolute Gasteiger partial charge is 0.411 e. The van der Waals surface area contributed by atoms with Gasteiger partial charge in [0, 0.05) is 24.0 Å². The molecule has 0 atom stereocenters. The van der Waals surface area contributed by atoms with Crippen LogP contribution >= 0.6 is 15.9 Å². The van der Waals surface area contributed by atoms with E-state index in [0.29, 0.717) is 36.3 Å². The second-order valence-electron chi connectivity index (χ2n) is 9.83. The molecule has 9 nitrogen and oxygen atoms in total. The van der Waals surface area contributed by atoms with Crippen LogP contribution in [0.4, 0.5) is 21.0 Å². The Labute approximate surface area is 259 Å². The van der Waals surface area contributed by atoms with Crippen LogP contribution in [-0.2, 0) is 16.0 Å². The van der Waals surface area contributed by atoms with Crippen LogP contribution in [0.25, 0.3) is 10.8 Å². The number of carbonyl (C=O) groups excluding carboxylic acids is 3. The fourth-order valence-corrected chi connectivity index (χ4v) is 5.07. The zero-order chi connectivity index (χ0) is 30.4. The number of para-hydroxylation sites is 1. The molecule has 0 fully saturated rings. The van der Waals surface area contributed by atoms with Crippen LogP contribution in [0.1, 0.15) is 36.5 Å². The molecule has 3 aromatic carbocycles. The van der Waals surface area contributed by atoms with Gasteiger partial charge in [0.25, 0.3) is 5.91 Å². The molecule has 0 aliphatic carbocycles. The van der Waals surface area contributed by atoms with E-state index in [2.05, 4.69) is 33.5 Å². The van der Waals surface area contributed by atoms with Gasteiger partial charge in [-0.3, -0.25) is 10.1 Å². The monoisotopic (exact) mass is 647 g/mol. The van der Waals surface area contributed by atoms with Gasteiger partial charge < -0.3 is 19.7 Å². The fourth-order valence-electron chi connectivity index (χ4n) is 4.56. The van der Waals surface area contributed by atoms with Crippen molar-refractivity contribution >= 4 is 56.2 Å².